The average molecular weight is 273 g/mol. The summed E-state index contributed by atoms with van der Waals surface area (Å²) in [4.78, 5) is 15.2. The molecule has 0 atom stereocenters. The fraction of sp³-hybridized carbons (Fsp3) is 0. The van der Waals surface area contributed by atoms with Crippen LogP contribution in [-0.4, -0.2) is 20.5 Å². The molecule has 3 rings (SSSR count). The van der Waals surface area contributed by atoms with Gasteiger partial charge in [-0.15, -0.1) is 0 Å². The highest BCUT2D eigenvalue weighted by molar-refractivity contribution is 6.30. The van der Waals surface area contributed by atoms with Gasteiger partial charge in [0.25, 0.3) is 0 Å². The highest BCUT2D eigenvalue weighted by Gasteiger charge is 2.09. The van der Waals surface area contributed by atoms with Gasteiger partial charge in [0.15, 0.2) is 0 Å². The van der Waals surface area contributed by atoms with Crippen LogP contribution in [0.2, 0.25) is 5.02 Å². The van der Waals surface area contributed by atoms with E-state index in [1.54, 1.807) is 36.7 Å². The standard InChI is InChI=1S/C14H9ClN2O2/c15-11-3-1-9(2-4-11)13-16-8-12-7-10(14(18)19)5-6-17(12)13/h1-8H,(H,18,19). The summed E-state index contributed by atoms with van der Waals surface area (Å²) in [5, 5.41) is 9.62. The Morgan fingerprint density at radius 1 is 1.21 bits per heavy atom. The molecular formula is C14H9ClN2O2. The monoisotopic (exact) mass is 272 g/mol. The third-order valence-corrected chi connectivity index (χ3v) is 3.13. The van der Waals surface area contributed by atoms with Crippen molar-refractivity contribution in [2.24, 2.45) is 0 Å². The lowest BCUT2D eigenvalue weighted by molar-refractivity contribution is 0.0697. The molecule has 94 valence electrons. The molecule has 0 amide bonds. The molecule has 4 nitrogen and oxygen atoms in total. The maximum absolute atomic E-state index is 10.9. The van der Waals surface area contributed by atoms with Gasteiger partial charge in [-0.3, -0.25) is 4.40 Å². The summed E-state index contributed by atoms with van der Waals surface area (Å²) in [5.74, 6) is -0.194. The van der Waals surface area contributed by atoms with Crippen molar-refractivity contribution >= 4 is 23.1 Å². The molecule has 0 fully saturated rings. The van der Waals surface area contributed by atoms with Crippen molar-refractivity contribution < 1.29 is 9.90 Å². The molecule has 5 heteroatoms. The molecule has 0 saturated carbocycles. The van der Waals surface area contributed by atoms with E-state index in [9.17, 15) is 4.79 Å². The molecule has 0 spiro atoms. The van der Waals surface area contributed by atoms with E-state index in [2.05, 4.69) is 4.98 Å². The van der Waals surface area contributed by atoms with Crippen LogP contribution in [0.4, 0.5) is 0 Å². The Kier molecular flexibility index (Phi) is 2.72. The number of hydrogen-bond acceptors (Lipinski definition) is 2. The minimum atomic E-state index is -0.947. The van der Waals surface area contributed by atoms with E-state index in [0.717, 1.165) is 16.9 Å². The number of imidazole rings is 1. The first-order chi connectivity index (χ1) is 9.15. The van der Waals surface area contributed by atoms with Gasteiger partial charge in [0, 0.05) is 16.8 Å². The normalized spacial score (nSPS) is 10.8. The van der Waals surface area contributed by atoms with Gasteiger partial charge in [-0.1, -0.05) is 11.6 Å². The molecule has 2 aromatic heterocycles. The van der Waals surface area contributed by atoms with Crippen molar-refractivity contribution in [2.75, 3.05) is 0 Å². The third kappa shape index (κ3) is 2.06. The van der Waals surface area contributed by atoms with Crippen molar-refractivity contribution in [1.29, 1.82) is 0 Å². The number of rotatable bonds is 2. The lowest BCUT2D eigenvalue weighted by Crippen LogP contribution is -1.97. The first kappa shape index (κ1) is 11.7. The van der Waals surface area contributed by atoms with Crippen molar-refractivity contribution in [2.45, 2.75) is 0 Å². The van der Waals surface area contributed by atoms with Gasteiger partial charge in [-0.25, -0.2) is 9.78 Å². The van der Waals surface area contributed by atoms with Gasteiger partial charge in [0.05, 0.1) is 17.3 Å². The first-order valence-electron chi connectivity index (χ1n) is 5.61. The molecule has 0 aliphatic rings. The molecule has 3 aromatic rings. The zero-order chi connectivity index (χ0) is 13.4. The van der Waals surface area contributed by atoms with Crippen LogP contribution < -0.4 is 0 Å². The SMILES string of the molecule is O=C(O)c1ccn2c(-c3ccc(Cl)cc3)ncc2c1. The van der Waals surface area contributed by atoms with E-state index in [-0.39, 0.29) is 5.56 Å². The van der Waals surface area contributed by atoms with E-state index in [1.807, 2.05) is 16.5 Å². The number of carboxylic acids is 1. The Morgan fingerprint density at radius 3 is 2.63 bits per heavy atom. The number of aromatic carboxylic acids is 1. The maximum Gasteiger partial charge on any atom is 0.335 e. The molecule has 0 radical (unpaired) electrons. The molecule has 1 aromatic carbocycles. The number of nitrogens with zero attached hydrogens (tertiary/aromatic N) is 2. The van der Waals surface area contributed by atoms with Crippen LogP contribution >= 0.6 is 11.6 Å². The highest BCUT2D eigenvalue weighted by Crippen LogP contribution is 2.22. The van der Waals surface area contributed by atoms with Crippen LogP contribution in [0.15, 0.2) is 48.8 Å². The van der Waals surface area contributed by atoms with Gasteiger partial charge in [-0.05, 0) is 36.4 Å². The summed E-state index contributed by atoms with van der Waals surface area (Å²) in [6.07, 6.45) is 3.35. The number of hydrogen-bond donors (Lipinski definition) is 1. The Labute approximate surface area is 113 Å². The van der Waals surface area contributed by atoms with E-state index in [0.29, 0.717) is 5.02 Å². The third-order valence-electron chi connectivity index (χ3n) is 2.88. The Morgan fingerprint density at radius 2 is 1.95 bits per heavy atom. The van der Waals surface area contributed by atoms with E-state index < -0.39 is 5.97 Å². The van der Waals surface area contributed by atoms with Crippen molar-refractivity contribution in [3.8, 4) is 11.4 Å². The summed E-state index contributed by atoms with van der Waals surface area (Å²) in [5.41, 5.74) is 1.91. The molecule has 0 aliphatic carbocycles. The van der Waals surface area contributed by atoms with Crippen LogP contribution in [-0.2, 0) is 0 Å². The predicted molar refractivity (Wildman–Crippen MR) is 72.6 cm³/mol. The molecule has 0 saturated heterocycles. The van der Waals surface area contributed by atoms with E-state index >= 15 is 0 Å². The van der Waals surface area contributed by atoms with Gasteiger partial charge in [0.1, 0.15) is 5.82 Å². The second kappa shape index (κ2) is 4.40. The number of pyridine rings is 1. The van der Waals surface area contributed by atoms with Crippen LogP contribution in [0, 0.1) is 0 Å². The summed E-state index contributed by atoms with van der Waals surface area (Å²) in [6, 6.07) is 10.5. The minimum absolute atomic E-state index is 0.245. The van der Waals surface area contributed by atoms with Crippen LogP contribution in [0.25, 0.3) is 16.9 Å². The maximum atomic E-state index is 10.9. The number of carbonyl (C=O) groups is 1. The summed E-state index contributed by atoms with van der Waals surface area (Å²) in [6.45, 7) is 0. The average Bonchev–Trinajstić information content (AvgIpc) is 2.82. The molecule has 0 unspecified atom stereocenters. The lowest BCUT2D eigenvalue weighted by atomic mass is 10.2. The number of aromatic nitrogens is 2. The number of fused-ring (bicyclic) bond motifs is 1. The van der Waals surface area contributed by atoms with E-state index in [1.165, 1.54) is 0 Å². The van der Waals surface area contributed by atoms with Gasteiger partial charge < -0.3 is 5.11 Å². The Hall–Kier alpha value is -2.33. The molecule has 2 heterocycles. The van der Waals surface area contributed by atoms with E-state index in [4.69, 9.17) is 16.7 Å². The van der Waals surface area contributed by atoms with Gasteiger partial charge in [0.2, 0.25) is 0 Å². The lowest BCUT2D eigenvalue weighted by Gasteiger charge is -2.02. The van der Waals surface area contributed by atoms with Gasteiger partial charge in [-0.2, -0.15) is 0 Å². The highest BCUT2D eigenvalue weighted by atomic mass is 35.5. The Bertz CT molecular complexity index is 763. The predicted octanol–water partition coefficient (Wildman–Crippen LogP) is 3.35. The zero-order valence-electron chi connectivity index (χ0n) is 9.75. The van der Waals surface area contributed by atoms with Crippen LogP contribution in [0.5, 0.6) is 0 Å². The molecule has 0 aliphatic heterocycles. The topological polar surface area (TPSA) is 54.6 Å². The first-order valence-corrected chi connectivity index (χ1v) is 5.99. The van der Waals surface area contributed by atoms with Crippen LogP contribution in [0.3, 0.4) is 0 Å². The second-order valence-corrected chi connectivity index (χ2v) is 4.54. The molecule has 0 bridgehead atoms. The molecule has 1 N–H and O–H groups in total. The van der Waals surface area contributed by atoms with Gasteiger partial charge >= 0.3 is 5.97 Å². The minimum Gasteiger partial charge on any atom is -0.478 e. The summed E-state index contributed by atoms with van der Waals surface area (Å²) in [7, 11) is 0. The zero-order valence-corrected chi connectivity index (χ0v) is 10.5. The van der Waals surface area contributed by atoms with Crippen molar-refractivity contribution in [3.05, 3.63) is 59.4 Å². The molecule has 19 heavy (non-hydrogen) atoms. The van der Waals surface area contributed by atoms with Crippen LogP contribution in [0.1, 0.15) is 10.4 Å². The number of benzene rings is 1. The summed E-state index contributed by atoms with van der Waals surface area (Å²) < 4.78 is 1.84. The largest absolute Gasteiger partial charge is 0.478 e. The number of halogens is 1. The van der Waals surface area contributed by atoms with Crippen molar-refractivity contribution in [3.63, 3.8) is 0 Å². The summed E-state index contributed by atoms with van der Waals surface area (Å²) >= 11 is 5.85. The molecular weight excluding hydrogens is 264 g/mol. The fourth-order valence-electron chi connectivity index (χ4n) is 1.95. The number of carboxylic acid groups (broad SMARTS) is 1. The van der Waals surface area contributed by atoms with Crippen molar-refractivity contribution in [1.82, 2.24) is 9.38 Å². The fourth-order valence-corrected chi connectivity index (χ4v) is 2.07. The quantitative estimate of drug-likeness (QED) is 0.778. The second-order valence-electron chi connectivity index (χ2n) is 4.10. The Balaban J connectivity index is 2.15. The smallest absolute Gasteiger partial charge is 0.335 e.